The standard InChI is InChI=1S/C23H14Cl2N4O2/c24-16-7-5-14(6-8-16)13-29-18-4-2-1-3-17(18)19(21(29)25)20(30)23-27-22(28-31-23)15-9-11-26-12-10-15/h1-12H,13H2. The first kappa shape index (κ1) is 19.5. The number of benzene rings is 2. The molecule has 0 aliphatic heterocycles. The second kappa shape index (κ2) is 7.98. The Hall–Kier alpha value is -3.48. The van der Waals surface area contributed by atoms with Crippen LogP contribution >= 0.6 is 23.2 Å². The minimum atomic E-state index is -0.427. The minimum absolute atomic E-state index is 0.122. The van der Waals surface area contributed by atoms with Crippen LogP contribution in [0, 0.1) is 0 Å². The number of fused-ring (bicyclic) bond motifs is 1. The number of carbonyl (C=O) groups excluding carboxylic acids is 1. The second-order valence-corrected chi connectivity index (χ2v) is 7.68. The van der Waals surface area contributed by atoms with E-state index in [0.717, 1.165) is 16.5 Å². The third-order valence-corrected chi connectivity index (χ3v) is 5.59. The molecule has 31 heavy (non-hydrogen) atoms. The maximum absolute atomic E-state index is 13.3. The van der Waals surface area contributed by atoms with Gasteiger partial charge < -0.3 is 9.09 Å². The number of hydrogen-bond donors (Lipinski definition) is 0. The molecule has 3 heterocycles. The van der Waals surface area contributed by atoms with Crippen LogP contribution in [0.25, 0.3) is 22.3 Å². The van der Waals surface area contributed by atoms with Gasteiger partial charge in [-0.1, -0.05) is 58.7 Å². The van der Waals surface area contributed by atoms with Crippen LogP contribution in [0.2, 0.25) is 10.2 Å². The number of carbonyl (C=O) groups is 1. The average molecular weight is 449 g/mol. The quantitative estimate of drug-likeness (QED) is 0.323. The first-order valence-electron chi connectivity index (χ1n) is 9.42. The molecule has 152 valence electrons. The van der Waals surface area contributed by atoms with E-state index >= 15 is 0 Å². The molecule has 0 N–H and O–H groups in total. The van der Waals surface area contributed by atoms with Crippen molar-refractivity contribution in [3.8, 4) is 11.4 Å². The van der Waals surface area contributed by atoms with Crippen LogP contribution in [0.5, 0.6) is 0 Å². The Morgan fingerprint density at radius 3 is 2.48 bits per heavy atom. The van der Waals surface area contributed by atoms with Crippen LogP contribution in [-0.4, -0.2) is 25.5 Å². The lowest BCUT2D eigenvalue weighted by Crippen LogP contribution is -2.04. The van der Waals surface area contributed by atoms with Gasteiger partial charge in [-0.2, -0.15) is 4.98 Å². The Kier molecular flexibility index (Phi) is 5.02. The van der Waals surface area contributed by atoms with Gasteiger partial charge in [0.15, 0.2) is 0 Å². The molecule has 8 heteroatoms. The van der Waals surface area contributed by atoms with Crippen molar-refractivity contribution in [1.29, 1.82) is 0 Å². The fraction of sp³-hybridized carbons (Fsp3) is 0.0435. The normalized spacial score (nSPS) is 11.2. The van der Waals surface area contributed by atoms with Crippen molar-refractivity contribution in [2.24, 2.45) is 0 Å². The summed E-state index contributed by atoms with van der Waals surface area (Å²) in [6.45, 7) is 0.482. The first-order valence-corrected chi connectivity index (χ1v) is 10.2. The smallest absolute Gasteiger partial charge is 0.299 e. The van der Waals surface area contributed by atoms with E-state index in [-0.39, 0.29) is 5.89 Å². The molecule has 5 aromatic rings. The topological polar surface area (TPSA) is 73.8 Å². The number of hydrogen-bond acceptors (Lipinski definition) is 5. The summed E-state index contributed by atoms with van der Waals surface area (Å²) in [7, 11) is 0. The lowest BCUT2D eigenvalue weighted by Gasteiger charge is -2.07. The van der Waals surface area contributed by atoms with E-state index in [2.05, 4.69) is 15.1 Å². The highest BCUT2D eigenvalue weighted by Gasteiger charge is 2.26. The summed E-state index contributed by atoms with van der Waals surface area (Å²) in [4.78, 5) is 21.5. The molecule has 3 aromatic heterocycles. The van der Waals surface area contributed by atoms with Crippen LogP contribution in [0.1, 0.15) is 21.8 Å². The monoisotopic (exact) mass is 448 g/mol. The second-order valence-electron chi connectivity index (χ2n) is 6.88. The zero-order valence-corrected chi connectivity index (χ0v) is 17.5. The molecule has 0 bridgehead atoms. The third-order valence-electron chi connectivity index (χ3n) is 4.95. The summed E-state index contributed by atoms with van der Waals surface area (Å²) in [5, 5.41) is 5.61. The maximum atomic E-state index is 13.3. The largest absolute Gasteiger partial charge is 0.330 e. The van der Waals surface area contributed by atoms with E-state index in [1.165, 1.54) is 0 Å². The van der Waals surface area contributed by atoms with Crippen molar-refractivity contribution in [3.05, 3.63) is 100 Å². The van der Waals surface area contributed by atoms with Crippen molar-refractivity contribution >= 4 is 39.9 Å². The van der Waals surface area contributed by atoms with Crippen LogP contribution in [-0.2, 0) is 6.54 Å². The first-order chi connectivity index (χ1) is 15.1. The fourth-order valence-corrected chi connectivity index (χ4v) is 3.92. The summed E-state index contributed by atoms with van der Waals surface area (Å²) in [5.41, 5.74) is 2.87. The van der Waals surface area contributed by atoms with Gasteiger partial charge in [-0.05, 0) is 35.9 Å². The highest BCUT2D eigenvalue weighted by molar-refractivity contribution is 6.36. The number of ketones is 1. The van der Waals surface area contributed by atoms with E-state index in [1.54, 1.807) is 24.5 Å². The summed E-state index contributed by atoms with van der Waals surface area (Å²) >= 11 is 12.7. The van der Waals surface area contributed by atoms with Crippen molar-refractivity contribution in [2.75, 3.05) is 0 Å². The number of rotatable bonds is 5. The minimum Gasteiger partial charge on any atom is -0.330 e. The lowest BCUT2D eigenvalue weighted by atomic mass is 10.1. The molecule has 0 spiro atoms. The molecule has 2 aromatic carbocycles. The van der Waals surface area contributed by atoms with Crippen LogP contribution < -0.4 is 0 Å². The van der Waals surface area contributed by atoms with E-state index < -0.39 is 5.78 Å². The lowest BCUT2D eigenvalue weighted by molar-refractivity contribution is 0.0995. The third kappa shape index (κ3) is 3.60. The highest BCUT2D eigenvalue weighted by atomic mass is 35.5. The predicted molar refractivity (Wildman–Crippen MR) is 118 cm³/mol. The van der Waals surface area contributed by atoms with Crippen molar-refractivity contribution in [3.63, 3.8) is 0 Å². The van der Waals surface area contributed by atoms with Gasteiger partial charge in [-0.3, -0.25) is 9.78 Å². The number of aromatic nitrogens is 4. The predicted octanol–water partition coefficient (Wildman–Crippen LogP) is 5.67. The van der Waals surface area contributed by atoms with E-state index in [4.69, 9.17) is 27.7 Å². The molecule has 0 atom stereocenters. The number of nitrogens with zero attached hydrogens (tertiary/aromatic N) is 4. The summed E-state index contributed by atoms with van der Waals surface area (Å²) in [6.07, 6.45) is 3.24. The fourth-order valence-electron chi connectivity index (χ4n) is 3.46. The summed E-state index contributed by atoms with van der Waals surface area (Å²) in [5.74, 6) is -0.237. The van der Waals surface area contributed by atoms with Crippen molar-refractivity contribution < 1.29 is 9.32 Å². The van der Waals surface area contributed by atoms with Gasteiger partial charge in [0.25, 0.3) is 11.7 Å². The summed E-state index contributed by atoms with van der Waals surface area (Å²) < 4.78 is 7.15. The molecule has 0 amide bonds. The molecular formula is C23H14Cl2N4O2. The van der Waals surface area contributed by atoms with E-state index in [9.17, 15) is 4.79 Å². The van der Waals surface area contributed by atoms with E-state index in [0.29, 0.717) is 33.7 Å². The van der Waals surface area contributed by atoms with Crippen LogP contribution in [0.3, 0.4) is 0 Å². The molecule has 0 unspecified atom stereocenters. The molecule has 5 rings (SSSR count). The molecule has 0 saturated heterocycles. The maximum Gasteiger partial charge on any atom is 0.299 e. The van der Waals surface area contributed by atoms with Gasteiger partial charge in [-0.15, -0.1) is 0 Å². The van der Waals surface area contributed by atoms with Gasteiger partial charge in [0, 0.05) is 34.9 Å². The Morgan fingerprint density at radius 2 is 1.71 bits per heavy atom. The van der Waals surface area contributed by atoms with Gasteiger partial charge in [0.2, 0.25) is 5.82 Å². The zero-order valence-electron chi connectivity index (χ0n) is 16.0. The van der Waals surface area contributed by atoms with E-state index in [1.807, 2.05) is 53.1 Å². The Balaban J connectivity index is 1.57. The van der Waals surface area contributed by atoms with Gasteiger partial charge in [0.05, 0.1) is 11.1 Å². The van der Waals surface area contributed by atoms with Crippen molar-refractivity contribution in [1.82, 2.24) is 19.7 Å². The molecule has 0 aliphatic carbocycles. The molecular weight excluding hydrogens is 435 g/mol. The highest BCUT2D eigenvalue weighted by Crippen LogP contribution is 2.33. The molecule has 0 radical (unpaired) electrons. The Morgan fingerprint density at radius 1 is 0.968 bits per heavy atom. The average Bonchev–Trinajstić information content (AvgIpc) is 3.40. The number of para-hydroxylation sites is 1. The molecule has 0 saturated carbocycles. The van der Waals surface area contributed by atoms with Gasteiger partial charge in [-0.25, -0.2) is 0 Å². The van der Waals surface area contributed by atoms with Crippen molar-refractivity contribution in [2.45, 2.75) is 6.54 Å². The number of halogens is 2. The zero-order chi connectivity index (χ0) is 21.4. The molecule has 0 aliphatic rings. The SMILES string of the molecule is O=C(c1nc(-c2ccncc2)no1)c1c(Cl)n(Cc2ccc(Cl)cc2)c2ccccc12. The molecule has 6 nitrogen and oxygen atoms in total. The number of pyridine rings is 1. The molecule has 0 fully saturated rings. The Bertz CT molecular complexity index is 1390. The van der Waals surface area contributed by atoms with Gasteiger partial charge in [0.1, 0.15) is 5.15 Å². The Labute approximate surface area is 187 Å². The van der Waals surface area contributed by atoms with Gasteiger partial charge >= 0.3 is 0 Å². The van der Waals surface area contributed by atoms with Crippen LogP contribution in [0.4, 0.5) is 0 Å². The summed E-state index contributed by atoms with van der Waals surface area (Å²) in [6, 6.07) is 18.5. The van der Waals surface area contributed by atoms with Crippen LogP contribution in [0.15, 0.2) is 77.6 Å².